The van der Waals surface area contributed by atoms with E-state index in [0.717, 1.165) is 5.56 Å². The van der Waals surface area contributed by atoms with Gasteiger partial charge in [0, 0.05) is 17.7 Å². The average molecular weight is 299 g/mol. The molecule has 0 spiro atoms. The van der Waals surface area contributed by atoms with Crippen LogP contribution in [-0.2, 0) is 11.2 Å². The van der Waals surface area contributed by atoms with Gasteiger partial charge in [-0.3, -0.25) is 9.59 Å². The van der Waals surface area contributed by atoms with Gasteiger partial charge in [-0.2, -0.15) is 0 Å². The zero-order valence-corrected chi connectivity index (χ0v) is 12.0. The van der Waals surface area contributed by atoms with Crippen LogP contribution in [0.1, 0.15) is 34.3 Å². The van der Waals surface area contributed by atoms with Gasteiger partial charge in [-0.05, 0) is 36.6 Å². The third kappa shape index (κ3) is 3.63. The van der Waals surface area contributed by atoms with Gasteiger partial charge in [-0.1, -0.05) is 24.3 Å². The number of anilines is 1. The second-order valence-corrected chi connectivity index (χ2v) is 5.01. The van der Waals surface area contributed by atoms with Crippen LogP contribution < -0.4 is 5.73 Å². The summed E-state index contributed by atoms with van der Waals surface area (Å²) in [5.41, 5.74) is 7.81. The van der Waals surface area contributed by atoms with E-state index < -0.39 is 5.97 Å². The highest BCUT2D eigenvalue weighted by Crippen LogP contribution is 2.23. The number of ketones is 1. The third-order valence-corrected chi connectivity index (χ3v) is 3.39. The number of aliphatic carboxylic acids is 1. The predicted molar refractivity (Wildman–Crippen MR) is 83.0 cm³/mol. The van der Waals surface area contributed by atoms with Gasteiger partial charge in [-0.25, -0.2) is 0 Å². The van der Waals surface area contributed by atoms with Crippen molar-refractivity contribution in [3.8, 4) is 5.75 Å². The normalized spacial score (nSPS) is 10.4. The molecule has 114 valence electrons. The number of hydrogen-bond acceptors (Lipinski definition) is 4. The van der Waals surface area contributed by atoms with Gasteiger partial charge < -0.3 is 15.9 Å². The number of carboxylic acids is 1. The Balaban J connectivity index is 2.17. The molecule has 0 aliphatic heterocycles. The van der Waals surface area contributed by atoms with Crippen LogP contribution in [0.5, 0.6) is 5.75 Å². The lowest BCUT2D eigenvalue weighted by atomic mass is 9.98. The van der Waals surface area contributed by atoms with E-state index in [0.29, 0.717) is 24.1 Å². The fraction of sp³-hybridized carbons (Fsp3) is 0.176. The minimum atomic E-state index is -0.843. The lowest BCUT2D eigenvalue weighted by molar-refractivity contribution is -0.137. The van der Waals surface area contributed by atoms with Crippen molar-refractivity contribution in [2.24, 2.45) is 0 Å². The first-order valence-electron chi connectivity index (χ1n) is 6.92. The molecule has 4 N–H and O–H groups in total. The summed E-state index contributed by atoms with van der Waals surface area (Å²) in [7, 11) is 0. The first-order valence-corrected chi connectivity index (χ1v) is 6.92. The van der Waals surface area contributed by atoms with E-state index in [1.165, 1.54) is 6.07 Å². The van der Waals surface area contributed by atoms with Crippen molar-refractivity contribution in [2.75, 3.05) is 5.73 Å². The number of nitrogen functional groups attached to an aromatic ring is 1. The maximum absolute atomic E-state index is 12.3. The van der Waals surface area contributed by atoms with Gasteiger partial charge in [0.2, 0.25) is 0 Å². The number of para-hydroxylation sites is 1. The summed E-state index contributed by atoms with van der Waals surface area (Å²) in [6.07, 6.45) is 1.12. The molecular weight excluding hydrogens is 282 g/mol. The fourth-order valence-corrected chi connectivity index (χ4v) is 2.22. The quantitative estimate of drug-likeness (QED) is 0.562. The molecule has 0 heterocycles. The van der Waals surface area contributed by atoms with Gasteiger partial charge in [-0.15, -0.1) is 0 Å². The highest BCUT2D eigenvalue weighted by molar-refractivity contribution is 6.11. The molecule has 0 fully saturated rings. The standard InChI is InChI=1S/C17H17NO4/c18-14-10-12(9-8-11(14)4-3-7-16(20)21)17(22)13-5-1-2-6-15(13)19/h1-2,5-6,8-10,19H,3-4,7,18H2,(H,20,21). The topological polar surface area (TPSA) is 101 Å². The van der Waals surface area contributed by atoms with Gasteiger partial charge >= 0.3 is 5.97 Å². The number of aromatic hydroxyl groups is 1. The van der Waals surface area contributed by atoms with E-state index >= 15 is 0 Å². The Labute approximate surface area is 128 Å². The predicted octanol–water partition coefficient (Wildman–Crippen LogP) is 2.61. The SMILES string of the molecule is Nc1cc(C(=O)c2ccccc2O)ccc1CCCC(=O)O. The number of carbonyl (C=O) groups is 2. The van der Waals surface area contributed by atoms with Crippen molar-refractivity contribution in [1.82, 2.24) is 0 Å². The van der Waals surface area contributed by atoms with Crippen LogP contribution in [0.2, 0.25) is 0 Å². The molecule has 5 nitrogen and oxygen atoms in total. The number of nitrogens with two attached hydrogens (primary N) is 1. The van der Waals surface area contributed by atoms with E-state index in [2.05, 4.69) is 0 Å². The molecule has 0 radical (unpaired) electrons. The molecule has 2 rings (SSSR count). The number of aryl methyl sites for hydroxylation is 1. The summed E-state index contributed by atoms with van der Waals surface area (Å²) in [6, 6.07) is 11.3. The molecule has 0 saturated heterocycles. The lowest BCUT2D eigenvalue weighted by Crippen LogP contribution is -2.04. The molecule has 0 saturated carbocycles. The van der Waals surface area contributed by atoms with Gasteiger partial charge in [0.05, 0.1) is 5.56 Å². The summed E-state index contributed by atoms with van der Waals surface area (Å²) < 4.78 is 0. The molecule has 0 aliphatic carbocycles. The maximum Gasteiger partial charge on any atom is 0.303 e. The van der Waals surface area contributed by atoms with Crippen LogP contribution >= 0.6 is 0 Å². The van der Waals surface area contributed by atoms with Crippen LogP contribution in [0.25, 0.3) is 0 Å². The number of carbonyl (C=O) groups excluding carboxylic acids is 1. The van der Waals surface area contributed by atoms with Gasteiger partial charge in [0.15, 0.2) is 5.78 Å². The summed E-state index contributed by atoms with van der Waals surface area (Å²) >= 11 is 0. The maximum atomic E-state index is 12.3. The molecule has 5 heteroatoms. The molecule has 0 aliphatic rings. The Morgan fingerprint density at radius 2 is 1.82 bits per heavy atom. The molecular formula is C17H17NO4. The Morgan fingerprint density at radius 1 is 1.09 bits per heavy atom. The molecule has 22 heavy (non-hydrogen) atoms. The van der Waals surface area contributed by atoms with Crippen LogP contribution in [-0.4, -0.2) is 22.0 Å². The smallest absolute Gasteiger partial charge is 0.303 e. The third-order valence-electron chi connectivity index (χ3n) is 3.39. The highest BCUT2D eigenvalue weighted by atomic mass is 16.4. The van der Waals surface area contributed by atoms with Crippen molar-refractivity contribution in [3.63, 3.8) is 0 Å². The molecule has 0 bridgehead atoms. The minimum Gasteiger partial charge on any atom is -0.507 e. The molecule has 0 aromatic heterocycles. The Morgan fingerprint density at radius 3 is 2.45 bits per heavy atom. The molecule has 0 atom stereocenters. The second-order valence-electron chi connectivity index (χ2n) is 5.01. The lowest BCUT2D eigenvalue weighted by Gasteiger charge is -2.08. The second kappa shape index (κ2) is 6.76. The average Bonchev–Trinajstić information content (AvgIpc) is 2.48. The van der Waals surface area contributed by atoms with Crippen molar-refractivity contribution >= 4 is 17.4 Å². The molecule has 2 aromatic carbocycles. The fourth-order valence-electron chi connectivity index (χ4n) is 2.22. The first-order chi connectivity index (χ1) is 10.5. The van der Waals surface area contributed by atoms with Gasteiger partial charge in [0.1, 0.15) is 5.75 Å². The van der Waals surface area contributed by atoms with Crippen LogP contribution in [0.3, 0.4) is 0 Å². The van der Waals surface area contributed by atoms with Gasteiger partial charge in [0.25, 0.3) is 0 Å². The summed E-state index contributed by atoms with van der Waals surface area (Å²) in [5, 5.41) is 18.4. The molecule has 0 unspecified atom stereocenters. The number of carboxylic acid groups (broad SMARTS) is 1. The summed E-state index contributed by atoms with van der Waals surface area (Å²) in [4.78, 5) is 22.8. The largest absolute Gasteiger partial charge is 0.507 e. The Bertz CT molecular complexity index is 710. The minimum absolute atomic E-state index is 0.0726. The zero-order valence-electron chi connectivity index (χ0n) is 12.0. The molecule has 0 amide bonds. The number of phenolic OH excluding ortho intramolecular Hbond substituents is 1. The number of benzene rings is 2. The van der Waals surface area contributed by atoms with E-state index in [-0.39, 0.29) is 23.5 Å². The van der Waals surface area contributed by atoms with Crippen LogP contribution in [0, 0.1) is 0 Å². The number of phenols is 1. The zero-order chi connectivity index (χ0) is 16.1. The van der Waals surface area contributed by atoms with Crippen molar-refractivity contribution < 1.29 is 19.8 Å². The van der Waals surface area contributed by atoms with Crippen molar-refractivity contribution in [3.05, 3.63) is 59.2 Å². The Hall–Kier alpha value is -2.82. The summed E-state index contributed by atoms with van der Waals surface area (Å²) in [6.45, 7) is 0. The van der Waals surface area contributed by atoms with E-state index in [1.807, 2.05) is 0 Å². The van der Waals surface area contributed by atoms with Crippen molar-refractivity contribution in [1.29, 1.82) is 0 Å². The van der Waals surface area contributed by atoms with Crippen LogP contribution in [0.15, 0.2) is 42.5 Å². The van der Waals surface area contributed by atoms with E-state index in [9.17, 15) is 14.7 Å². The van der Waals surface area contributed by atoms with E-state index in [1.54, 1.807) is 36.4 Å². The first kappa shape index (κ1) is 15.6. The van der Waals surface area contributed by atoms with Crippen molar-refractivity contribution in [2.45, 2.75) is 19.3 Å². The van der Waals surface area contributed by atoms with E-state index in [4.69, 9.17) is 10.8 Å². The monoisotopic (exact) mass is 299 g/mol. The molecule has 2 aromatic rings. The summed E-state index contributed by atoms with van der Waals surface area (Å²) in [5.74, 6) is -1.22. The number of rotatable bonds is 6. The number of hydrogen-bond donors (Lipinski definition) is 3. The van der Waals surface area contributed by atoms with Crippen LogP contribution in [0.4, 0.5) is 5.69 Å². The highest BCUT2D eigenvalue weighted by Gasteiger charge is 2.14. The Kier molecular flexibility index (Phi) is 4.78.